The van der Waals surface area contributed by atoms with Crippen molar-refractivity contribution in [2.24, 2.45) is 4.99 Å². The summed E-state index contributed by atoms with van der Waals surface area (Å²) >= 11 is 7.03. The van der Waals surface area contributed by atoms with Crippen molar-refractivity contribution >= 4 is 50.0 Å². The molecule has 2 heterocycles. The lowest BCUT2D eigenvalue weighted by Gasteiger charge is -2.24. The molecule has 158 valence electrons. The maximum Gasteiger partial charge on any atom is 0.252 e. The van der Waals surface area contributed by atoms with E-state index in [1.807, 2.05) is 6.07 Å². The quantitative estimate of drug-likeness (QED) is 0.685. The molecule has 30 heavy (non-hydrogen) atoms. The smallest absolute Gasteiger partial charge is 0.252 e. The lowest BCUT2D eigenvalue weighted by atomic mass is 10.1. The van der Waals surface area contributed by atoms with Crippen molar-refractivity contribution in [2.75, 3.05) is 23.5 Å². The highest BCUT2D eigenvalue weighted by molar-refractivity contribution is 8.16. The molecule has 2 aromatic carbocycles. The van der Waals surface area contributed by atoms with Crippen LogP contribution in [0.3, 0.4) is 0 Å². The SMILES string of the molecule is COc1ccccc1CC(=O)N=C1S[C@H]2CS(=O)(=O)C[C@@H]2N1c1ccc(Cl)c(F)c1. The van der Waals surface area contributed by atoms with Gasteiger partial charge in [0, 0.05) is 16.5 Å². The molecular formula is C20H18ClFN2O4S2. The van der Waals surface area contributed by atoms with E-state index in [0.717, 1.165) is 0 Å². The Morgan fingerprint density at radius 3 is 2.80 bits per heavy atom. The van der Waals surface area contributed by atoms with Crippen molar-refractivity contribution in [2.45, 2.75) is 17.7 Å². The summed E-state index contributed by atoms with van der Waals surface area (Å²) < 4.78 is 43.6. The molecule has 0 aliphatic carbocycles. The van der Waals surface area contributed by atoms with E-state index >= 15 is 0 Å². The van der Waals surface area contributed by atoms with E-state index in [1.54, 1.807) is 29.2 Å². The zero-order chi connectivity index (χ0) is 21.5. The van der Waals surface area contributed by atoms with Crippen LogP contribution in [-0.2, 0) is 21.1 Å². The number of methoxy groups -OCH3 is 1. The van der Waals surface area contributed by atoms with E-state index in [9.17, 15) is 17.6 Å². The summed E-state index contributed by atoms with van der Waals surface area (Å²) in [5.41, 5.74) is 1.11. The molecule has 1 amide bonds. The Morgan fingerprint density at radius 1 is 1.30 bits per heavy atom. The van der Waals surface area contributed by atoms with Gasteiger partial charge in [0.05, 0.1) is 36.1 Å². The molecule has 0 radical (unpaired) electrons. The Labute approximate surface area is 183 Å². The number of halogens is 2. The number of anilines is 1. The second-order valence-electron chi connectivity index (χ2n) is 7.05. The molecule has 0 bridgehead atoms. The van der Waals surface area contributed by atoms with Gasteiger partial charge in [0.1, 0.15) is 11.6 Å². The molecule has 4 rings (SSSR count). The topological polar surface area (TPSA) is 76.0 Å². The van der Waals surface area contributed by atoms with Crippen LogP contribution < -0.4 is 9.64 Å². The number of rotatable bonds is 4. The number of nitrogens with zero attached hydrogens (tertiary/aromatic N) is 2. The van der Waals surface area contributed by atoms with Gasteiger partial charge in [0.2, 0.25) is 0 Å². The maximum absolute atomic E-state index is 14.1. The Kier molecular flexibility index (Phi) is 5.78. The number of amides is 1. The largest absolute Gasteiger partial charge is 0.496 e. The number of hydrogen-bond donors (Lipinski definition) is 0. The first kappa shape index (κ1) is 21.1. The number of sulfone groups is 1. The van der Waals surface area contributed by atoms with E-state index < -0.39 is 27.6 Å². The second-order valence-corrected chi connectivity index (χ2v) is 10.8. The second kappa shape index (κ2) is 8.20. The van der Waals surface area contributed by atoms with Crippen LogP contribution in [0.25, 0.3) is 0 Å². The molecule has 10 heteroatoms. The minimum absolute atomic E-state index is 0.00533. The number of fused-ring (bicyclic) bond motifs is 1. The first-order valence-corrected chi connectivity index (χ1v) is 12.2. The number of hydrogen-bond acceptors (Lipinski definition) is 5. The molecular weight excluding hydrogens is 451 g/mol. The average molecular weight is 469 g/mol. The van der Waals surface area contributed by atoms with Crippen LogP contribution in [0.4, 0.5) is 10.1 Å². The zero-order valence-corrected chi connectivity index (χ0v) is 18.3. The molecule has 0 saturated carbocycles. The Bertz CT molecular complexity index is 1140. The minimum atomic E-state index is -3.21. The van der Waals surface area contributed by atoms with Crippen molar-refractivity contribution in [1.29, 1.82) is 0 Å². The number of amidine groups is 1. The first-order chi connectivity index (χ1) is 14.3. The highest BCUT2D eigenvalue weighted by atomic mass is 35.5. The molecule has 2 aliphatic heterocycles. The Hall–Kier alpha value is -2.10. The number of aliphatic imine (C=N–C) groups is 1. The molecule has 2 saturated heterocycles. The van der Waals surface area contributed by atoms with Gasteiger partial charge in [-0.1, -0.05) is 41.6 Å². The highest BCUT2D eigenvalue weighted by Crippen LogP contribution is 2.41. The Balaban J connectivity index is 1.66. The monoisotopic (exact) mass is 468 g/mol. The minimum Gasteiger partial charge on any atom is -0.496 e. The van der Waals surface area contributed by atoms with Gasteiger partial charge in [-0.2, -0.15) is 4.99 Å². The third-order valence-corrected chi connectivity index (χ3v) is 8.52. The van der Waals surface area contributed by atoms with Crippen molar-refractivity contribution in [3.63, 3.8) is 0 Å². The van der Waals surface area contributed by atoms with Gasteiger partial charge in [0.25, 0.3) is 5.91 Å². The molecule has 2 aliphatic rings. The average Bonchev–Trinajstić information content (AvgIpc) is 3.15. The van der Waals surface area contributed by atoms with Crippen LogP contribution in [0.1, 0.15) is 5.56 Å². The predicted molar refractivity (Wildman–Crippen MR) is 117 cm³/mol. The van der Waals surface area contributed by atoms with E-state index in [0.29, 0.717) is 22.2 Å². The van der Waals surface area contributed by atoms with E-state index in [-0.39, 0.29) is 28.2 Å². The fraction of sp³-hybridized carbons (Fsp3) is 0.300. The zero-order valence-electron chi connectivity index (χ0n) is 15.9. The fourth-order valence-corrected chi connectivity index (χ4v) is 7.71. The van der Waals surface area contributed by atoms with Gasteiger partial charge in [-0.05, 0) is 24.3 Å². The van der Waals surface area contributed by atoms with E-state index in [2.05, 4.69) is 4.99 Å². The molecule has 0 aromatic heterocycles. The van der Waals surface area contributed by atoms with Gasteiger partial charge in [0.15, 0.2) is 15.0 Å². The summed E-state index contributed by atoms with van der Waals surface area (Å²) in [7, 11) is -1.68. The molecule has 2 atom stereocenters. The van der Waals surface area contributed by atoms with Gasteiger partial charge < -0.3 is 9.64 Å². The van der Waals surface area contributed by atoms with Crippen LogP contribution in [0, 0.1) is 5.82 Å². The first-order valence-electron chi connectivity index (χ1n) is 9.12. The predicted octanol–water partition coefficient (Wildman–Crippen LogP) is 3.33. The third-order valence-electron chi connectivity index (χ3n) is 5.00. The van der Waals surface area contributed by atoms with E-state index in [4.69, 9.17) is 16.3 Å². The van der Waals surface area contributed by atoms with Crippen LogP contribution >= 0.6 is 23.4 Å². The van der Waals surface area contributed by atoms with Crippen LogP contribution in [0.5, 0.6) is 5.75 Å². The summed E-state index contributed by atoms with van der Waals surface area (Å²) in [5.74, 6) is -0.513. The molecule has 2 fully saturated rings. The summed E-state index contributed by atoms with van der Waals surface area (Å²) in [5, 5.41) is 0.0556. The van der Waals surface area contributed by atoms with Gasteiger partial charge in [-0.25, -0.2) is 12.8 Å². The van der Waals surface area contributed by atoms with Crippen LogP contribution in [-0.4, -0.2) is 49.4 Å². The maximum atomic E-state index is 14.1. The lowest BCUT2D eigenvalue weighted by molar-refractivity contribution is -0.117. The van der Waals surface area contributed by atoms with Gasteiger partial charge in [-0.15, -0.1) is 0 Å². The highest BCUT2D eigenvalue weighted by Gasteiger charge is 2.49. The lowest BCUT2D eigenvalue weighted by Crippen LogP contribution is -2.37. The molecule has 0 N–H and O–H groups in total. The Morgan fingerprint density at radius 2 is 2.07 bits per heavy atom. The number of para-hydroxylation sites is 1. The standard InChI is InChI=1S/C20H18ClFN2O4S2/c1-28-17-5-3-2-4-12(17)8-19(25)23-20-24(13-6-7-14(21)15(22)9-13)16-10-30(26,27)11-18(16)29-20/h2-7,9,16,18H,8,10-11H2,1H3/t16-,18-/m0/s1. The summed E-state index contributed by atoms with van der Waals surface area (Å²) in [4.78, 5) is 18.6. The molecule has 0 spiro atoms. The number of thioether (sulfide) groups is 1. The van der Waals surface area contributed by atoms with Crippen LogP contribution in [0.15, 0.2) is 47.5 Å². The fourth-order valence-electron chi connectivity index (χ4n) is 3.66. The van der Waals surface area contributed by atoms with Crippen molar-refractivity contribution in [3.05, 3.63) is 58.9 Å². The number of carbonyl (C=O) groups excluding carboxylic acids is 1. The van der Waals surface area contributed by atoms with Crippen molar-refractivity contribution in [3.8, 4) is 5.75 Å². The van der Waals surface area contributed by atoms with Crippen molar-refractivity contribution in [1.82, 2.24) is 0 Å². The molecule has 0 unspecified atom stereocenters. The number of benzene rings is 2. The summed E-state index contributed by atoms with van der Waals surface area (Å²) in [6, 6.07) is 11.0. The normalized spacial score (nSPS) is 23.6. The van der Waals surface area contributed by atoms with Crippen LogP contribution in [0.2, 0.25) is 5.02 Å². The van der Waals surface area contributed by atoms with E-state index in [1.165, 1.54) is 31.0 Å². The van der Waals surface area contributed by atoms with Gasteiger partial charge in [-0.3, -0.25) is 4.79 Å². The van der Waals surface area contributed by atoms with Gasteiger partial charge >= 0.3 is 0 Å². The summed E-state index contributed by atoms with van der Waals surface area (Å²) in [6.45, 7) is 0. The van der Waals surface area contributed by atoms with Crippen molar-refractivity contribution < 1.29 is 22.3 Å². The molecule has 2 aromatic rings. The number of ether oxygens (including phenoxy) is 1. The molecule has 6 nitrogen and oxygen atoms in total. The summed E-state index contributed by atoms with van der Waals surface area (Å²) in [6.07, 6.45) is 0.0323. The number of carbonyl (C=O) groups is 1. The third kappa shape index (κ3) is 4.19.